The van der Waals surface area contributed by atoms with Gasteiger partial charge in [-0.05, 0) is 47.9 Å². The minimum Gasteiger partial charge on any atom is -0.491 e. The number of nitrogens with one attached hydrogen (secondary N) is 2. The molecule has 3 aromatic carbocycles. The second kappa shape index (κ2) is 11.3. The van der Waals surface area contributed by atoms with Crippen LogP contribution in [0.4, 0.5) is 0 Å². The molecule has 158 valence electrons. The SMILES string of the molecule is O=C(/C=C/c1ccccc1)N[C@@H](COc1ccc(C(=O)NO)cc1)Cc1ccccc1. The summed E-state index contributed by atoms with van der Waals surface area (Å²) in [4.78, 5) is 23.9. The summed E-state index contributed by atoms with van der Waals surface area (Å²) >= 11 is 0. The first kappa shape index (κ1) is 21.8. The molecule has 0 saturated carbocycles. The van der Waals surface area contributed by atoms with Crippen LogP contribution in [0.2, 0.25) is 0 Å². The molecule has 2 amide bonds. The highest BCUT2D eigenvalue weighted by Crippen LogP contribution is 2.13. The maximum atomic E-state index is 12.5. The average molecular weight is 416 g/mol. The first-order valence-electron chi connectivity index (χ1n) is 9.89. The summed E-state index contributed by atoms with van der Waals surface area (Å²) in [5.74, 6) is -0.240. The van der Waals surface area contributed by atoms with E-state index in [1.807, 2.05) is 60.7 Å². The molecule has 0 saturated heterocycles. The van der Waals surface area contributed by atoms with Crippen LogP contribution in [0, 0.1) is 0 Å². The predicted molar refractivity (Wildman–Crippen MR) is 119 cm³/mol. The lowest BCUT2D eigenvalue weighted by atomic mass is 10.1. The maximum Gasteiger partial charge on any atom is 0.274 e. The average Bonchev–Trinajstić information content (AvgIpc) is 2.82. The van der Waals surface area contributed by atoms with Crippen molar-refractivity contribution in [3.8, 4) is 5.75 Å². The van der Waals surface area contributed by atoms with Gasteiger partial charge in [-0.15, -0.1) is 0 Å². The zero-order valence-corrected chi connectivity index (χ0v) is 16.9. The number of rotatable bonds is 9. The molecule has 0 aromatic heterocycles. The smallest absolute Gasteiger partial charge is 0.274 e. The van der Waals surface area contributed by atoms with Crippen LogP contribution in [0.25, 0.3) is 6.08 Å². The molecule has 0 aliphatic carbocycles. The van der Waals surface area contributed by atoms with Crippen LogP contribution < -0.4 is 15.5 Å². The largest absolute Gasteiger partial charge is 0.491 e. The minimum absolute atomic E-state index is 0.205. The number of carbonyl (C=O) groups excluding carboxylic acids is 2. The summed E-state index contributed by atoms with van der Waals surface area (Å²) in [6.45, 7) is 0.255. The van der Waals surface area contributed by atoms with Gasteiger partial charge >= 0.3 is 0 Å². The van der Waals surface area contributed by atoms with Crippen molar-refractivity contribution in [1.29, 1.82) is 0 Å². The Bertz CT molecular complexity index is 1000. The molecule has 0 aliphatic rings. The fourth-order valence-electron chi connectivity index (χ4n) is 3.00. The van der Waals surface area contributed by atoms with Crippen LogP contribution in [0.15, 0.2) is 91.0 Å². The molecule has 0 bridgehead atoms. The first-order chi connectivity index (χ1) is 15.1. The fraction of sp³-hybridized carbons (Fsp3) is 0.120. The van der Waals surface area contributed by atoms with Gasteiger partial charge in [-0.3, -0.25) is 14.8 Å². The van der Waals surface area contributed by atoms with E-state index >= 15 is 0 Å². The van der Waals surface area contributed by atoms with Gasteiger partial charge in [0.15, 0.2) is 0 Å². The lowest BCUT2D eigenvalue weighted by Crippen LogP contribution is -2.39. The monoisotopic (exact) mass is 416 g/mol. The summed E-state index contributed by atoms with van der Waals surface area (Å²) < 4.78 is 5.84. The molecule has 0 spiro atoms. The molecule has 0 fully saturated rings. The summed E-state index contributed by atoms with van der Waals surface area (Å²) in [7, 11) is 0. The highest BCUT2D eigenvalue weighted by molar-refractivity contribution is 5.93. The highest BCUT2D eigenvalue weighted by atomic mass is 16.5. The summed E-state index contributed by atoms with van der Waals surface area (Å²) in [6.07, 6.45) is 3.88. The summed E-state index contributed by atoms with van der Waals surface area (Å²) in [5.41, 5.74) is 3.93. The fourth-order valence-corrected chi connectivity index (χ4v) is 3.00. The summed E-state index contributed by atoms with van der Waals surface area (Å²) in [6, 6.07) is 25.6. The van der Waals surface area contributed by atoms with Crippen molar-refractivity contribution < 1.29 is 19.5 Å². The van der Waals surface area contributed by atoms with Gasteiger partial charge in [0, 0.05) is 11.6 Å². The lowest BCUT2D eigenvalue weighted by Gasteiger charge is -2.19. The van der Waals surface area contributed by atoms with Crippen molar-refractivity contribution in [2.45, 2.75) is 12.5 Å². The van der Waals surface area contributed by atoms with E-state index in [1.54, 1.807) is 35.8 Å². The lowest BCUT2D eigenvalue weighted by molar-refractivity contribution is -0.117. The van der Waals surface area contributed by atoms with E-state index in [1.165, 1.54) is 6.08 Å². The number of hydrogen-bond donors (Lipinski definition) is 3. The second-order valence-electron chi connectivity index (χ2n) is 6.92. The van der Waals surface area contributed by atoms with Crippen molar-refractivity contribution in [3.63, 3.8) is 0 Å². The zero-order chi connectivity index (χ0) is 21.9. The molecule has 0 aliphatic heterocycles. The second-order valence-corrected chi connectivity index (χ2v) is 6.92. The van der Waals surface area contributed by atoms with Crippen molar-refractivity contribution in [3.05, 3.63) is 108 Å². The Morgan fingerprint density at radius 3 is 2.19 bits per heavy atom. The number of benzene rings is 3. The molecule has 0 radical (unpaired) electrons. The Kier molecular flexibility index (Phi) is 7.97. The molecule has 0 unspecified atom stereocenters. The van der Waals surface area contributed by atoms with Gasteiger partial charge in [0.2, 0.25) is 5.91 Å². The molecular weight excluding hydrogens is 392 g/mol. The van der Waals surface area contributed by atoms with Crippen LogP contribution in [0.3, 0.4) is 0 Å². The molecule has 3 aromatic rings. The predicted octanol–water partition coefficient (Wildman–Crippen LogP) is 3.63. The quantitative estimate of drug-likeness (QED) is 0.282. The van der Waals surface area contributed by atoms with Gasteiger partial charge in [-0.25, -0.2) is 5.48 Å². The molecule has 1 atom stereocenters. The van der Waals surface area contributed by atoms with E-state index in [4.69, 9.17) is 9.94 Å². The molecule has 3 rings (SSSR count). The van der Waals surface area contributed by atoms with E-state index in [2.05, 4.69) is 5.32 Å². The molecule has 6 heteroatoms. The van der Waals surface area contributed by atoms with Crippen molar-refractivity contribution in [2.75, 3.05) is 6.61 Å². The van der Waals surface area contributed by atoms with Crippen molar-refractivity contribution in [2.24, 2.45) is 0 Å². The van der Waals surface area contributed by atoms with Gasteiger partial charge in [-0.1, -0.05) is 60.7 Å². The van der Waals surface area contributed by atoms with Crippen LogP contribution >= 0.6 is 0 Å². The zero-order valence-electron chi connectivity index (χ0n) is 16.9. The molecule has 0 heterocycles. The van der Waals surface area contributed by atoms with Gasteiger partial charge in [0.05, 0.1) is 6.04 Å². The number of ether oxygens (including phenoxy) is 1. The van der Waals surface area contributed by atoms with Gasteiger partial charge in [-0.2, -0.15) is 0 Å². The highest BCUT2D eigenvalue weighted by Gasteiger charge is 2.13. The first-order valence-corrected chi connectivity index (χ1v) is 9.89. The molecule has 3 N–H and O–H groups in total. The number of hydrogen-bond acceptors (Lipinski definition) is 4. The van der Waals surface area contributed by atoms with E-state index in [-0.39, 0.29) is 18.6 Å². The summed E-state index contributed by atoms with van der Waals surface area (Å²) in [5, 5.41) is 11.7. The van der Waals surface area contributed by atoms with Crippen LogP contribution in [0.5, 0.6) is 5.75 Å². The van der Waals surface area contributed by atoms with Crippen LogP contribution in [0.1, 0.15) is 21.5 Å². The maximum absolute atomic E-state index is 12.5. The Hall–Kier alpha value is -3.90. The van der Waals surface area contributed by atoms with Crippen LogP contribution in [-0.2, 0) is 11.2 Å². The standard InChI is InChI=1S/C25H24N2O4/c28-24(16-11-19-7-3-1-4-8-19)26-22(17-20-9-5-2-6-10-20)18-31-23-14-12-21(13-15-23)25(29)27-30/h1-16,22,30H,17-18H2,(H,26,28)(H,27,29)/b16-11+/t22-/m1/s1. The Labute approximate surface area is 181 Å². The normalized spacial score (nSPS) is 11.6. The van der Waals surface area contributed by atoms with E-state index in [0.717, 1.165) is 11.1 Å². The van der Waals surface area contributed by atoms with E-state index < -0.39 is 5.91 Å². The number of hydroxylamine groups is 1. The van der Waals surface area contributed by atoms with Crippen LogP contribution in [-0.4, -0.2) is 29.7 Å². The molecule has 6 nitrogen and oxygen atoms in total. The van der Waals surface area contributed by atoms with E-state index in [0.29, 0.717) is 17.7 Å². The molecular formula is C25H24N2O4. The van der Waals surface area contributed by atoms with E-state index in [9.17, 15) is 9.59 Å². The topological polar surface area (TPSA) is 87.7 Å². The Balaban J connectivity index is 1.63. The van der Waals surface area contributed by atoms with Crippen molar-refractivity contribution >= 4 is 17.9 Å². The minimum atomic E-state index is -0.592. The Morgan fingerprint density at radius 1 is 0.903 bits per heavy atom. The third kappa shape index (κ3) is 7.13. The number of carbonyl (C=O) groups is 2. The van der Waals surface area contributed by atoms with Gasteiger partial charge in [0.25, 0.3) is 5.91 Å². The Morgan fingerprint density at radius 2 is 1.55 bits per heavy atom. The third-order valence-electron chi connectivity index (χ3n) is 4.57. The van der Waals surface area contributed by atoms with Gasteiger partial charge < -0.3 is 10.1 Å². The van der Waals surface area contributed by atoms with Gasteiger partial charge in [0.1, 0.15) is 12.4 Å². The molecule has 31 heavy (non-hydrogen) atoms. The van der Waals surface area contributed by atoms with Crippen molar-refractivity contribution in [1.82, 2.24) is 10.8 Å². The number of amides is 2. The third-order valence-corrected chi connectivity index (χ3v) is 4.57.